The van der Waals surface area contributed by atoms with Crippen LogP contribution in [-0.4, -0.2) is 53.7 Å². The van der Waals surface area contributed by atoms with Gasteiger partial charge in [0.25, 0.3) is 0 Å². The van der Waals surface area contributed by atoms with E-state index < -0.39 is 23.5 Å². The summed E-state index contributed by atoms with van der Waals surface area (Å²) < 4.78 is 0. The van der Waals surface area contributed by atoms with Crippen LogP contribution in [0.3, 0.4) is 0 Å². The molecule has 0 aromatic heterocycles. The Morgan fingerprint density at radius 3 is 2.55 bits per heavy atom. The fourth-order valence-corrected chi connectivity index (χ4v) is 2.47. The second kappa shape index (κ2) is 6.92. The summed E-state index contributed by atoms with van der Waals surface area (Å²) in [5, 5.41) is 14.6. The molecule has 1 unspecified atom stereocenters. The highest BCUT2D eigenvalue weighted by atomic mass is 16.4. The van der Waals surface area contributed by atoms with Crippen LogP contribution in [0.1, 0.15) is 40.5 Å². The van der Waals surface area contributed by atoms with Crippen LogP contribution in [0.4, 0.5) is 4.79 Å². The average molecular weight is 285 g/mol. The zero-order valence-corrected chi connectivity index (χ0v) is 12.9. The van der Waals surface area contributed by atoms with Gasteiger partial charge in [0, 0.05) is 12.6 Å². The molecule has 1 aliphatic rings. The molecule has 6 nitrogen and oxygen atoms in total. The molecule has 0 aliphatic carbocycles. The van der Waals surface area contributed by atoms with Gasteiger partial charge in [-0.25, -0.2) is 9.59 Å². The van der Waals surface area contributed by atoms with Gasteiger partial charge in [-0.3, -0.25) is 0 Å². The van der Waals surface area contributed by atoms with Crippen LogP contribution in [0.25, 0.3) is 0 Å². The lowest BCUT2D eigenvalue weighted by molar-refractivity contribution is -0.141. The molecule has 1 aliphatic heterocycles. The molecule has 0 aromatic carbocycles. The number of nitrogens with zero attached hydrogens (tertiary/aromatic N) is 1. The lowest BCUT2D eigenvalue weighted by atomic mass is 9.87. The van der Waals surface area contributed by atoms with Crippen LogP contribution in [0.2, 0.25) is 0 Å². The van der Waals surface area contributed by atoms with E-state index in [0.717, 1.165) is 32.5 Å². The number of carbonyl (C=O) groups excluding carboxylic acids is 1. The maximum atomic E-state index is 12.0. The lowest BCUT2D eigenvalue weighted by Gasteiger charge is -2.33. The number of likely N-dealkylation sites (N-methyl/N-ethyl adjacent to an activating group) is 1. The second-order valence-electron chi connectivity index (χ2n) is 6.49. The monoisotopic (exact) mass is 285 g/mol. The van der Waals surface area contributed by atoms with Crippen molar-refractivity contribution in [3.63, 3.8) is 0 Å². The van der Waals surface area contributed by atoms with Crippen molar-refractivity contribution in [2.24, 2.45) is 5.41 Å². The minimum atomic E-state index is -1.01. The van der Waals surface area contributed by atoms with Gasteiger partial charge in [-0.2, -0.15) is 0 Å². The third-order valence-corrected chi connectivity index (χ3v) is 3.68. The molecule has 3 N–H and O–H groups in total. The number of carboxylic acids is 1. The highest BCUT2D eigenvalue weighted by Crippen LogP contribution is 2.19. The van der Waals surface area contributed by atoms with Crippen molar-refractivity contribution in [3.05, 3.63) is 0 Å². The number of carboxylic acid groups (broad SMARTS) is 1. The van der Waals surface area contributed by atoms with Gasteiger partial charge >= 0.3 is 12.0 Å². The van der Waals surface area contributed by atoms with Gasteiger partial charge in [-0.05, 0) is 31.3 Å². The van der Waals surface area contributed by atoms with Crippen molar-refractivity contribution in [3.8, 4) is 0 Å². The summed E-state index contributed by atoms with van der Waals surface area (Å²) in [6.07, 6.45) is 2.00. The van der Waals surface area contributed by atoms with Crippen molar-refractivity contribution >= 4 is 12.0 Å². The average Bonchev–Trinajstić information content (AvgIpc) is 2.34. The minimum absolute atomic E-state index is 0.0955. The van der Waals surface area contributed by atoms with Crippen molar-refractivity contribution in [1.29, 1.82) is 0 Å². The molecule has 0 saturated carbocycles. The number of likely N-dealkylation sites (tertiary alicyclic amines) is 1. The summed E-state index contributed by atoms with van der Waals surface area (Å²) in [5.41, 5.74) is -0.523. The first-order valence-electron chi connectivity index (χ1n) is 7.26. The summed E-state index contributed by atoms with van der Waals surface area (Å²) in [6.45, 7) is 10.4. The summed E-state index contributed by atoms with van der Waals surface area (Å²) in [5.74, 6) is -1.01. The van der Waals surface area contributed by atoms with Gasteiger partial charge in [-0.1, -0.05) is 27.7 Å². The molecule has 0 radical (unpaired) electrons. The zero-order chi connectivity index (χ0) is 15.3. The maximum absolute atomic E-state index is 12.0. The Bertz CT molecular complexity index is 352. The van der Waals surface area contributed by atoms with Crippen LogP contribution in [0, 0.1) is 5.41 Å². The van der Waals surface area contributed by atoms with Crippen molar-refractivity contribution in [2.75, 3.05) is 19.6 Å². The second-order valence-corrected chi connectivity index (χ2v) is 6.49. The Kier molecular flexibility index (Phi) is 5.80. The quantitative estimate of drug-likeness (QED) is 0.726. The smallest absolute Gasteiger partial charge is 0.326 e. The maximum Gasteiger partial charge on any atom is 0.326 e. The number of nitrogens with one attached hydrogen (secondary N) is 2. The molecule has 1 heterocycles. The summed E-state index contributed by atoms with van der Waals surface area (Å²) >= 11 is 0. The number of amides is 2. The summed E-state index contributed by atoms with van der Waals surface area (Å²) in [4.78, 5) is 25.5. The third-order valence-electron chi connectivity index (χ3n) is 3.68. The number of urea groups is 1. The van der Waals surface area contributed by atoms with Gasteiger partial charge in [0.2, 0.25) is 0 Å². The normalized spacial score (nSPS) is 22.1. The van der Waals surface area contributed by atoms with Crippen LogP contribution in [0.15, 0.2) is 0 Å². The molecule has 116 valence electrons. The van der Waals surface area contributed by atoms with Crippen molar-refractivity contribution in [1.82, 2.24) is 15.5 Å². The first-order valence-corrected chi connectivity index (χ1v) is 7.26. The molecular weight excluding hydrogens is 258 g/mol. The molecule has 6 heteroatoms. The molecule has 0 spiro atoms. The number of aliphatic carboxylic acids is 1. The molecule has 1 rings (SSSR count). The third kappa shape index (κ3) is 5.00. The Morgan fingerprint density at radius 1 is 1.40 bits per heavy atom. The molecule has 0 aromatic rings. The van der Waals surface area contributed by atoms with E-state index in [1.54, 1.807) is 20.8 Å². The Labute approximate surface area is 120 Å². The fourth-order valence-electron chi connectivity index (χ4n) is 2.47. The van der Waals surface area contributed by atoms with E-state index in [1.807, 2.05) is 0 Å². The lowest BCUT2D eigenvalue weighted by Crippen LogP contribution is -2.56. The molecule has 2 atom stereocenters. The number of hydrogen-bond acceptors (Lipinski definition) is 3. The van der Waals surface area contributed by atoms with E-state index in [4.69, 9.17) is 0 Å². The predicted octanol–water partition coefficient (Wildman–Crippen LogP) is 1.27. The highest BCUT2D eigenvalue weighted by Gasteiger charge is 2.33. The van der Waals surface area contributed by atoms with Crippen LogP contribution in [-0.2, 0) is 4.79 Å². The first kappa shape index (κ1) is 16.8. The standard InChI is InChI=1S/C14H27N3O3/c1-5-17-8-6-7-10(9-17)15-13(20)16-11(12(18)19)14(2,3)4/h10-11H,5-9H2,1-4H3,(H,18,19)(H2,15,16,20)/t10?,11-/m0/s1. The van der Waals surface area contributed by atoms with Gasteiger partial charge < -0.3 is 20.6 Å². The number of rotatable bonds is 4. The Balaban J connectivity index is 2.52. The SMILES string of the molecule is CCN1CCCC(NC(=O)N[C@@H](C(=O)O)C(C)(C)C)C1. The fraction of sp³-hybridized carbons (Fsp3) is 0.857. The molecule has 20 heavy (non-hydrogen) atoms. The number of piperidine rings is 1. The van der Waals surface area contributed by atoms with Gasteiger partial charge in [-0.15, -0.1) is 0 Å². The first-order chi connectivity index (χ1) is 9.24. The van der Waals surface area contributed by atoms with Crippen LogP contribution in [0.5, 0.6) is 0 Å². The Morgan fingerprint density at radius 2 is 2.05 bits per heavy atom. The molecular formula is C14H27N3O3. The summed E-state index contributed by atoms with van der Waals surface area (Å²) in [7, 11) is 0. The van der Waals surface area contributed by atoms with Gasteiger partial charge in [0.15, 0.2) is 0 Å². The van der Waals surface area contributed by atoms with E-state index >= 15 is 0 Å². The van der Waals surface area contributed by atoms with Gasteiger partial charge in [0.1, 0.15) is 6.04 Å². The predicted molar refractivity (Wildman–Crippen MR) is 77.7 cm³/mol. The van der Waals surface area contributed by atoms with E-state index in [0.29, 0.717) is 0 Å². The number of carbonyl (C=O) groups is 2. The van der Waals surface area contributed by atoms with E-state index in [1.165, 1.54) is 0 Å². The van der Waals surface area contributed by atoms with Gasteiger partial charge in [0.05, 0.1) is 0 Å². The molecule has 1 saturated heterocycles. The zero-order valence-electron chi connectivity index (χ0n) is 12.9. The topological polar surface area (TPSA) is 81.7 Å². The van der Waals surface area contributed by atoms with Crippen LogP contribution >= 0.6 is 0 Å². The molecule has 1 fully saturated rings. The van der Waals surface area contributed by atoms with E-state index in [2.05, 4.69) is 22.5 Å². The summed E-state index contributed by atoms with van der Waals surface area (Å²) in [6, 6.07) is -1.19. The van der Waals surface area contributed by atoms with Crippen molar-refractivity contribution in [2.45, 2.75) is 52.6 Å². The van der Waals surface area contributed by atoms with Crippen molar-refractivity contribution < 1.29 is 14.7 Å². The van der Waals surface area contributed by atoms with E-state index in [9.17, 15) is 14.7 Å². The van der Waals surface area contributed by atoms with Crippen LogP contribution < -0.4 is 10.6 Å². The molecule has 2 amide bonds. The highest BCUT2D eigenvalue weighted by molar-refractivity contribution is 5.83. The number of hydrogen-bond donors (Lipinski definition) is 3. The Hall–Kier alpha value is -1.30. The largest absolute Gasteiger partial charge is 0.480 e. The molecule has 0 bridgehead atoms. The minimum Gasteiger partial charge on any atom is -0.480 e. The van der Waals surface area contributed by atoms with E-state index in [-0.39, 0.29) is 6.04 Å².